The number of anilines is 2. The smallest absolute Gasteiger partial charge is 0.178 e. The fourth-order valence-electron chi connectivity index (χ4n) is 2.90. The van der Waals surface area contributed by atoms with Crippen LogP contribution in [0.5, 0.6) is 5.75 Å². The second-order valence-corrected chi connectivity index (χ2v) is 5.80. The number of para-hydroxylation sites is 3. The molecule has 0 spiro atoms. The molecule has 3 nitrogen and oxygen atoms in total. The summed E-state index contributed by atoms with van der Waals surface area (Å²) in [6.45, 7) is 4.81. The van der Waals surface area contributed by atoms with E-state index in [2.05, 4.69) is 41.4 Å². The van der Waals surface area contributed by atoms with Gasteiger partial charge in [-0.2, -0.15) is 0 Å². The predicted octanol–water partition coefficient (Wildman–Crippen LogP) is 4.23. The van der Waals surface area contributed by atoms with E-state index >= 15 is 0 Å². The molecule has 1 heterocycles. The lowest BCUT2D eigenvalue weighted by Crippen LogP contribution is -2.38. The van der Waals surface area contributed by atoms with Crippen molar-refractivity contribution in [2.24, 2.45) is 0 Å². The molecule has 0 saturated carbocycles. The monoisotopic (exact) mass is 312 g/mol. The third-order valence-corrected chi connectivity index (χ3v) is 4.15. The molecule has 0 bridgehead atoms. The Morgan fingerprint density at radius 3 is 2.77 bits per heavy atom. The van der Waals surface area contributed by atoms with E-state index in [4.69, 9.17) is 17.0 Å². The summed E-state index contributed by atoms with van der Waals surface area (Å²) in [7, 11) is 0. The minimum Gasteiger partial charge on any atom is -0.492 e. The van der Waals surface area contributed by atoms with Crippen LogP contribution in [0.25, 0.3) is 0 Å². The standard InChI is InChI=1S/C18H20N2OS/c1-3-21-17-11-7-5-9-15(17)19-18(22)20-13(2)12-14-8-4-6-10-16(14)20/h4-11,13H,3,12H2,1-2H3,(H,19,22). The second kappa shape index (κ2) is 6.36. The highest BCUT2D eigenvalue weighted by atomic mass is 32.1. The minimum atomic E-state index is 0.358. The zero-order chi connectivity index (χ0) is 15.5. The van der Waals surface area contributed by atoms with Gasteiger partial charge in [-0.3, -0.25) is 0 Å². The normalized spacial score (nSPS) is 16.3. The van der Waals surface area contributed by atoms with Crippen LogP contribution in [0.3, 0.4) is 0 Å². The first-order valence-electron chi connectivity index (χ1n) is 7.60. The molecule has 0 saturated heterocycles. The van der Waals surface area contributed by atoms with E-state index in [-0.39, 0.29) is 0 Å². The van der Waals surface area contributed by atoms with Crippen molar-refractivity contribution in [2.45, 2.75) is 26.3 Å². The van der Waals surface area contributed by atoms with E-state index in [9.17, 15) is 0 Å². The van der Waals surface area contributed by atoms with Crippen LogP contribution in [-0.4, -0.2) is 17.8 Å². The van der Waals surface area contributed by atoms with E-state index < -0.39 is 0 Å². The summed E-state index contributed by atoms with van der Waals surface area (Å²) in [6.07, 6.45) is 1.02. The molecule has 0 amide bonds. The molecule has 4 heteroatoms. The van der Waals surface area contributed by atoms with Gasteiger partial charge in [0.25, 0.3) is 0 Å². The molecule has 0 radical (unpaired) electrons. The quantitative estimate of drug-likeness (QED) is 0.857. The van der Waals surface area contributed by atoms with Crippen molar-refractivity contribution in [3.8, 4) is 5.75 Å². The van der Waals surface area contributed by atoms with E-state index in [1.54, 1.807) is 0 Å². The first-order valence-corrected chi connectivity index (χ1v) is 8.01. The van der Waals surface area contributed by atoms with Crippen LogP contribution in [0.4, 0.5) is 11.4 Å². The molecule has 1 unspecified atom stereocenters. The summed E-state index contributed by atoms with van der Waals surface area (Å²) in [5.41, 5.74) is 3.45. The molecule has 1 aliphatic heterocycles. The van der Waals surface area contributed by atoms with Gasteiger partial charge in [0.2, 0.25) is 0 Å². The molecule has 3 rings (SSSR count). The molecule has 2 aromatic rings. The number of nitrogens with one attached hydrogen (secondary N) is 1. The van der Waals surface area contributed by atoms with Gasteiger partial charge in [0, 0.05) is 11.7 Å². The Bertz CT molecular complexity index is 686. The lowest BCUT2D eigenvalue weighted by Gasteiger charge is -2.26. The lowest BCUT2D eigenvalue weighted by atomic mass is 10.1. The number of thiocarbonyl (C=S) groups is 1. The van der Waals surface area contributed by atoms with Crippen LogP contribution in [0.2, 0.25) is 0 Å². The summed E-state index contributed by atoms with van der Waals surface area (Å²) in [4.78, 5) is 2.19. The summed E-state index contributed by atoms with van der Waals surface area (Å²) >= 11 is 5.65. The van der Waals surface area contributed by atoms with Crippen molar-refractivity contribution in [2.75, 3.05) is 16.8 Å². The molecule has 1 N–H and O–H groups in total. The second-order valence-electron chi connectivity index (χ2n) is 5.41. The van der Waals surface area contributed by atoms with E-state index in [1.165, 1.54) is 11.3 Å². The molecule has 1 atom stereocenters. The van der Waals surface area contributed by atoms with Gasteiger partial charge in [0.15, 0.2) is 5.11 Å². The average Bonchev–Trinajstić information content (AvgIpc) is 2.85. The third-order valence-electron chi connectivity index (χ3n) is 3.85. The van der Waals surface area contributed by atoms with Gasteiger partial charge in [-0.05, 0) is 56.2 Å². The van der Waals surface area contributed by atoms with E-state index in [1.807, 2.05) is 31.2 Å². The maximum atomic E-state index is 5.66. The molecule has 0 fully saturated rings. The fourth-order valence-corrected chi connectivity index (χ4v) is 3.29. The van der Waals surface area contributed by atoms with Gasteiger partial charge >= 0.3 is 0 Å². The number of hydrogen-bond donors (Lipinski definition) is 1. The van der Waals surface area contributed by atoms with Crippen LogP contribution in [0, 0.1) is 0 Å². The summed E-state index contributed by atoms with van der Waals surface area (Å²) in [6, 6.07) is 16.7. The Morgan fingerprint density at radius 2 is 1.95 bits per heavy atom. The van der Waals surface area contributed by atoms with Crippen LogP contribution >= 0.6 is 12.2 Å². The summed E-state index contributed by atoms with van der Waals surface area (Å²) in [5.74, 6) is 0.826. The van der Waals surface area contributed by atoms with E-state index in [0.29, 0.717) is 17.8 Å². The van der Waals surface area contributed by atoms with Crippen molar-refractivity contribution in [1.29, 1.82) is 0 Å². The Labute approximate surface area is 136 Å². The van der Waals surface area contributed by atoms with Gasteiger partial charge in [-0.1, -0.05) is 30.3 Å². The van der Waals surface area contributed by atoms with Crippen molar-refractivity contribution in [1.82, 2.24) is 0 Å². The van der Waals surface area contributed by atoms with Crippen LogP contribution < -0.4 is 15.0 Å². The Morgan fingerprint density at radius 1 is 1.23 bits per heavy atom. The van der Waals surface area contributed by atoms with Crippen molar-refractivity contribution < 1.29 is 4.74 Å². The van der Waals surface area contributed by atoms with Crippen molar-refractivity contribution in [3.63, 3.8) is 0 Å². The molecular weight excluding hydrogens is 292 g/mol. The predicted molar refractivity (Wildman–Crippen MR) is 95.9 cm³/mol. The average molecular weight is 312 g/mol. The summed E-state index contributed by atoms with van der Waals surface area (Å²) in [5, 5.41) is 4.05. The van der Waals surface area contributed by atoms with Crippen molar-refractivity contribution >= 4 is 28.7 Å². The largest absolute Gasteiger partial charge is 0.492 e. The minimum absolute atomic E-state index is 0.358. The maximum Gasteiger partial charge on any atom is 0.178 e. The summed E-state index contributed by atoms with van der Waals surface area (Å²) < 4.78 is 5.66. The number of benzene rings is 2. The fraction of sp³-hybridized carbons (Fsp3) is 0.278. The van der Waals surface area contributed by atoms with Gasteiger partial charge < -0.3 is 15.0 Å². The Balaban J connectivity index is 1.84. The number of hydrogen-bond acceptors (Lipinski definition) is 2. The highest BCUT2D eigenvalue weighted by Gasteiger charge is 2.28. The zero-order valence-electron chi connectivity index (χ0n) is 12.9. The molecule has 1 aliphatic rings. The molecule has 2 aromatic carbocycles. The van der Waals surface area contributed by atoms with Gasteiger partial charge in [-0.25, -0.2) is 0 Å². The third kappa shape index (κ3) is 2.79. The zero-order valence-corrected chi connectivity index (χ0v) is 13.7. The molecule has 0 aromatic heterocycles. The highest BCUT2D eigenvalue weighted by Crippen LogP contribution is 2.33. The molecule has 22 heavy (non-hydrogen) atoms. The topological polar surface area (TPSA) is 24.5 Å². The molecule has 114 valence electrons. The van der Waals surface area contributed by atoms with Gasteiger partial charge in [0.05, 0.1) is 12.3 Å². The number of fused-ring (bicyclic) bond motifs is 1. The first-order chi connectivity index (χ1) is 10.7. The number of ether oxygens (including phenoxy) is 1. The van der Waals surface area contributed by atoms with Gasteiger partial charge in [0.1, 0.15) is 5.75 Å². The van der Waals surface area contributed by atoms with Crippen LogP contribution in [-0.2, 0) is 6.42 Å². The molecule has 0 aliphatic carbocycles. The van der Waals surface area contributed by atoms with Crippen LogP contribution in [0.1, 0.15) is 19.4 Å². The first kappa shape index (κ1) is 14.9. The highest BCUT2D eigenvalue weighted by molar-refractivity contribution is 7.80. The Kier molecular flexibility index (Phi) is 4.29. The SMILES string of the molecule is CCOc1ccccc1NC(=S)N1c2ccccc2CC1C. The number of nitrogens with zero attached hydrogens (tertiary/aromatic N) is 1. The molecular formula is C18H20N2OS. The van der Waals surface area contributed by atoms with Gasteiger partial charge in [-0.15, -0.1) is 0 Å². The Hall–Kier alpha value is -2.07. The van der Waals surface area contributed by atoms with Crippen molar-refractivity contribution in [3.05, 3.63) is 54.1 Å². The van der Waals surface area contributed by atoms with Crippen LogP contribution in [0.15, 0.2) is 48.5 Å². The maximum absolute atomic E-state index is 5.66. The number of rotatable bonds is 3. The lowest BCUT2D eigenvalue weighted by molar-refractivity contribution is 0.342. The van der Waals surface area contributed by atoms with E-state index in [0.717, 1.165) is 17.9 Å².